The van der Waals surface area contributed by atoms with Gasteiger partial charge < -0.3 is 20.1 Å². The first-order valence-corrected chi connectivity index (χ1v) is 10.3. The van der Waals surface area contributed by atoms with Gasteiger partial charge in [-0.05, 0) is 35.4 Å². The quantitative estimate of drug-likeness (QED) is 0.661. The second-order valence-electron chi connectivity index (χ2n) is 7.86. The van der Waals surface area contributed by atoms with Gasteiger partial charge in [-0.2, -0.15) is 0 Å². The minimum atomic E-state index is -0.207. The minimum Gasteiger partial charge on any atom is -0.496 e. The molecule has 1 aromatic heterocycles. The molecule has 3 heterocycles. The monoisotopic (exact) mass is 401 g/mol. The smallest absolute Gasteiger partial charge is 0.220 e. The fourth-order valence-electron chi connectivity index (χ4n) is 4.54. The Morgan fingerprint density at radius 3 is 2.83 bits per heavy atom. The lowest BCUT2D eigenvalue weighted by molar-refractivity contribution is -0.931. The van der Waals surface area contributed by atoms with Crippen molar-refractivity contribution < 1.29 is 19.2 Å². The number of piperidine rings is 1. The van der Waals surface area contributed by atoms with Crippen molar-refractivity contribution in [1.82, 2.24) is 20.2 Å². The van der Waals surface area contributed by atoms with Crippen LogP contribution in [0.5, 0.6) is 5.75 Å². The highest BCUT2D eigenvalue weighted by molar-refractivity contribution is 5.76. The highest BCUT2D eigenvalue weighted by Crippen LogP contribution is 2.28. The maximum Gasteiger partial charge on any atom is 0.220 e. The molecule has 0 saturated carbocycles. The molecule has 3 N–H and O–H groups in total. The lowest BCUT2D eigenvalue weighted by Gasteiger charge is -2.34. The van der Waals surface area contributed by atoms with Gasteiger partial charge in [0.25, 0.3) is 0 Å². The molecular weight excluding hydrogens is 372 g/mol. The third-order valence-corrected chi connectivity index (χ3v) is 6.11. The Labute approximate surface area is 170 Å². The molecule has 4 rings (SSSR count). The molecule has 29 heavy (non-hydrogen) atoms. The number of nitrogens with two attached hydrogens (primary N) is 1. The predicted octanol–water partition coefficient (Wildman–Crippen LogP) is -0.270. The van der Waals surface area contributed by atoms with Gasteiger partial charge >= 0.3 is 0 Å². The molecule has 0 bridgehead atoms. The van der Waals surface area contributed by atoms with E-state index in [1.165, 1.54) is 4.90 Å². The lowest BCUT2D eigenvalue weighted by Crippen LogP contribution is -3.13. The Morgan fingerprint density at radius 1 is 1.34 bits per heavy atom. The lowest BCUT2D eigenvalue weighted by atomic mass is 9.93. The van der Waals surface area contributed by atoms with Crippen molar-refractivity contribution in [1.29, 1.82) is 0 Å². The third kappa shape index (κ3) is 4.25. The van der Waals surface area contributed by atoms with Gasteiger partial charge in [0.2, 0.25) is 11.7 Å². The first kappa shape index (κ1) is 19.8. The van der Waals surface area contributed by atoms with Crippen molar-refractivity contribution in [2.45, 2.75) is 44.4 Å². The van der Waals surface area contributed by atoms with Gasteiger partial charge in [0.05, 0.1) is 38.4 Å². The SMILES string of the molecule is COc1ccccc1[C@H](c1nnnn1C[C@@H]1CCCO1)[NH+]1CCC(C(N)=O)CC1. The molecule has 9 nitrogen and oxygen atoms in total. The number of rotatable bonds is 7. The van der Waals surface area contributed by atoms with Crippen molar-refractivity contribution in [2.75, 3.05) is 26.8 Å². The number of hydrogen-bond donors (Lipinski definition) is 2. The number of ether oxygens (including phenoxy) is 2. The first-order chi connectivity index (χ1) is 14.2. The number of tetrazole rings is 1. The highest BCUT2D eigenvalue weighted by atomic mass is 16.5. The summed E-state index contributed by atoms with van der Waals surface area (Å²) in [4.78, 5) is 12.9. The van der Waals surface area contributed by atoms with Gasteiger partial charge in [0.1, 0.15) is 5.75 Å². The molecule has 2 aliphatic heterocycles. The van der Waals surface area contributed by atoms with Crippen molar-refractivity contribution in [3.8, 4) is 5.75 Å². The molecule has 1 amide bonds. The van der Waals surface area contributed by atoms with E-state index in [2.05, 4.69) is 21.6 Å². The number of aromatic nitrogens is 4. The van der Waals surface area contributed by atoms with Gasteiger partial charge in [0, 0.05) is 25.4 Å². The molecule has 2 saturated heterocycles. The molecule has 1 aromatic carbocycles. The second kappa shape index (κ2) is 8.87. The number of carbonyl (C=O) groups is 1. The predicted molar refractivity (Wildman–Crippen MR) is 104 cm³/mol. The summed E-state index contributed by atoms with van der Waals surface area (Å²) in [5.41, 5.74) is 6.58. The fourth-order valence-corrected chi connectivity index (χ4v) is 4.54. The van der Waals surface area contributed by atoms with Crippen molar-refractivity contribution in [3.63, 3.8) is 0 Å². The minimum absolute atomic E-state index is 0.0556. The number of para-hydroxylation sites is 1. The van der Waals surface area contributed by atoms with Crippen LogP contribution >= 0.6 is 0 Å². The molecule has 0 radical (unpaired) electrons. The van der Waals surface area contributed by atoms with E-state index in [1.54, 1.807) is 7.11 Å². The molecule has 2 aliphatic rings. The molecule has 0 spiro atoms. The van der Waals surface area contributed by atoms with E-state index in [-0.39, 0.29) is 24.0 Å². The standard InChI is InChI=1S/C20H28N6O3/c1-28-17-7-3-2-6-16(17)18(25-10-8-14(9-11-25)19(21)27)20-22-23-24-26(20)13-15-5-4-12-29-15/h2-3,6-7,14-15,18H,4-5,8-13H2,1H3,(H2,21,27)/p+1/t15-,18+/m0/s1. The van der Waals surface area contributed by atoms with Crippen LogP contribution in [0.25, 0.3) is 0 Å². The van der Waals surface area contributed by atoms with Crippen LogP contribution in [0.2, 0.25) is 0 Å². The topological polar surface area (TPSA) is 110 Å². The summed E-state index contributed by atoms with van der Waals surface area (Å²) in [5.74, 6) is 1.35. The van der Waals surface area contributed by atoms with Gasteiger partial charge in [-0.3, -0.25) is 4.79 Å². The summed E-state index contributed by atoms with van der Waals surface area (Å²) in [6.45, 7) is 3.08. The number of nitrogens with one attached hydrogen (secondary N) is 1. The van der Waals surface area contributed by atoms with Gasteiger partial charge in [0.15, 0.2) is 6.04 Å². The number of benzene rings is 1. The number of hydrogen-bond acceptors (Lipinski definition) is 6. The number of carbonyl (C=O) groups excluding carboxylic acids is 1. The molecular formula is C20H29N6O3+. The van der Waals surface area contributed by atoms with E-state index in [4.69, 9.17) is 15.2 Å². The summed E-state index contributed by atoms with van der Waals surface area (Å²) in [6, 6.07) is 7.92. The molecule has 2 fully saturated rings. The van der Waals surface area contributed by atoms with E-state index in [0.717, 1.165) is 62.5 Å². The number of quaternary nitrogens is 1. The molecule has 9 heteroatoms. The Morgan fingerprint density at radius 2 is 2.14 bits per heavy atom. The number of nitrogens with zero attached hydrogens (tertiary/aromatic N) is 4. The van der Waals surface area contributed by atoms with Crippen molar-refractivity contribution in [3.05, 3.63) is 35.7 Å². The van der Waals surface area contributed by atoms with E-state index in [9.17, 15) is 4.79 Å². The number of amides is 1. The van der Waals surface area contributed by atoms with Crippen LogP contribution in [0.15, 0.2) is 24.3 Å². The largest absolute Gasteiger partial charge is 0.496 e. The van der Waals surface area contributed by atoms with Crippen LogP contribution in [-0.4, -0.2) is 59.0 Å². The van der Waals surface area contributed by atoms with Crippen LogP contribution in [0.3, 0.4) is 0 Å². The first-order valence-electron chi connectivity index (χ1n) is 10.3. The maximum absolute atomic E-state index is 11.6. The summed E-state index contributed by atoms with van der Waals surface area (Å²) in [7, 11) is 1.68. The summed E-state index contributed by atoms with van der Waals surface area (Å²) in [6.07, 6.45) is 3.78. The average molecular weight is 401 g/mol. The number of methoxy groups -OCH3 is 1. The van der Waals surface area contributed by atoms with Crippen LogP contribution < -0.4 is 15.4 Å². The molecule has 2 aromatic rings. The van der Waals surface area contributed by atoms with Crippen LogP contribution in [0, 0.1) is 5.92 Å². The zero-order chi connectivity index (χ0) is 20.2. The van der Waals surface area contributed by atoms with E-state index < -0.39 is 0 Å². The Hall–Kier alpha value is -2.52. The zero-order valence-electron chi connectivity index (χ0n) is 16.8. The normalized spacial score (nSPS) is 25.6. The average Bonchev–Trinajstić information content (AvgIpc) is 3.42. The van der Waals surface area contributed by atoms with Gasteiger partial charge in [-0.25, -0.2) is 4.68 Å². The van der Waals surface area contributed by atoms with Crippen LogP contribution in [0.4, 0.5) is 0 Å². The van der Waals surface area contributed by atoms with E-state index >= 15 is 0 Å². The van der Waals surface area contributed by atoms with Gasteiger partial charge in [-0.15, -0.1) is 5.10 Å². The maximum atomic E-state index is 11.6. The Bertz CT molecular complexity index is 827. The second-order valence-corrected chi connectivity index (χ2v) is 7.86. The molecule has 2 atom stereocenters. The molecule has 156 valence electrons. The Balaban J connectivity index is 1.66. The summed E-state index contributed by atoms with van der Waals surface area (Å²) < 4.78 is 13.3. The van der Waals surface area contributed by atoms with Gasteiger partial charge in [-0.1, -0.05) is 12.1 Å². The van der Waals surface area contributed by atoms with E-state index in [0.29, 0.717) is 6.54 Å². The Kier molecular flexibility index (Phi) is 6.05. The fraction of sp³-hybridized carbons (Fsp3) is 0.600. The third-order valence-electron chi connectivity index (χ3n) is 6.11. The highest BCUT2D eigenvalue weighted by Gasteiger charge is 2.37. The molecule has 0 unspecified atom stereocenters. The summed E-state index contributed by atoms with van der Waals surface area (Å²) in [5, 5.41) is 12.7. The number of primary amides is 1. The number of likely N-dealkylation sites (tertiary alicyclic amines) is 1. The van der Waals surface area contributed by atoms with Crippen molar-refractivity contribution in [2.24, 2.45) is 11.7 Å². The molecule has 0 aliphatic carbocycles. The van der Waals surface area contributed by atoms with Crippen LogP contribution in [-0.2, 0) is 16.1 Å². The van der Waals surface area contributed by atoms with Crippen molar-refractivity contribution >= 4 is 5.91 Å². The summed E-state index contributed by atoms with van der Waals surface area (Å²) >= 11 is 0. The van der Waals surface area contributed by atoms with Crippen LogP contribution in [0.1, 0.15) is 43.1 Å². The zero-order valence-corrected chi connectivity index (χ0v) is 16.8. The van der Waals surface area contributed by atoms with E-state index in [1.807, 2.05) is 22.9 Å².